The van der Waals surface area contributed by atoms with Gasteiger partial charge < -0.3 is 20.3 Å². The highest BCUT2D eigenvalue weighted by atomic mass is 19.1. The molecule has 2 aromatic rings. The quantitative estimate of drug-likeness (QED) is 0.523. The van der Waals surface area contributed by atoms with Gasteiger partial charge in [-0.1, -0.05) is 18.2 Å². The van der Waals surface area contributed by atoms with Crippen LogP contribution in [0.25, 0.3) is 0 Å². The maximum absolute atomic E-state index is 14.6. The van der Waals surface area contributed by atoms with Crippen LogP contribution >= 0.6 is 0 Å². The fourth-order valence-corrected chi connectivity index (χ4v) is 4.01. The van der Waals surface area contributed by atoms with Gasteiger partial charge in [-0.15, -0.1) is 0 Å². The summed E-state index contributed by atoms with van der Waals surface area (Å²) < 4.78 is 33.6. The predicted molar refractivity (Wildman–Crippen MR) is 120 cm³/mol. The normalized spacial score (nSPS) is 18.0. The first kappa shape index (κ1) is 21.6. The molecule has 0 aromatic heterocycles. The topological polar surface area (TPSA) is 48.9 Å². The first-order valence-electron chi connectivity index (χ1n) is 11.0. The Morgan fingerprint density at radius 1 is 1.10 bits per heavy atom. The number of guanidine groups is 1. The van der Waals surface area contributed by atoms with Gasteiger partial charge >= 0.3 is 0 Å². The number of aliphatic imine (C=N–C) groups is 1. The van der Waals surface area contributed by atoms with E-state index >= 15 is 0 Å². The minimum atomic E-state index is -0.226. The average molecular weight is 429 g/mol. The van der Waals surface area contributed by atoms with Gasteiger partial charge in [0.2, 0.25) is 0 Å². The molecule has 2 aliphatic rings. The Morgan fingerprint density at radius 2 is 1.90 bits per heavy atom. The lowest BCUT2D eigenvalue weighted by Crippen LogP contribution is -2.41. The number of rotatable bonds is 7. The van der Waals surface area contributed by atoms with Crippen LogP contribution in [0, 0.1) is 11.6 Å². The van der Waals surface area contributed by atoms with Gasteiger partial charge in [0.15, 0.2) is 5.96 Å². The third-order valence-corrected chi connectivity index (χ3v) is 6.01. The number of hydrogen-bond acceptors (Lipinski definition) is 3. The number of nitrogens with zero attached hydrogens (tertiary/aromatic N) is 2. The summed E-state index contributed by atoms with van der Waals surface area (Å²) in [7, 11) is 0. The summed E-state index contributed by atoms with van der Waals surface area (Å²) in [6, 6.07) is 12.2. The van der Waals surface area contributed by atoms with Gasteiger partial charge in [0.05, 0.1) is 25.4 Å². The largest absolute Gasteiger partial charge is 0.378 e. The van der Waals surface area contributed by atoms with Crippen LogP contribution in [-0.4, -0.2) is 45.4 Å². The molecule has 31 heavy (non-hydrogen) atoms. The third kappa shape index (κ3) is 5.34. The Morgan fingerprint density at radius 3 is 2.58 bits per heavy atom. The van der Waals surface area contributed by atoms with Gasteiger partial charge in [-0.2, -0.15) is 0 Å². The molecule has 1 aliphatic carbocycles. The van der Waals surface area contributed by atoms with E-state index < -0.39 is 0 Å². The van der Waals surface area contributed by atoms with Crippen LogP contribution in [0.5, 0.6) is 0 Å². The molecule has 7 heteroatoms. The highest BCUT2D eigenvalue weighted by molar-refractivity contribution is 5.80. The molecule has 0 amide bonds. The monoisotopic (exact) mass is 428 g/mol. The Hall–Kier alpha value is -2.67. The van der Waals surface area contributed by atoms with Gasteiger partial charge in [-0.3, -0.25) is 0 Å². The van der Waals surface area contributed by atoms with Crippen LogP contribution < -0.4 is 15.5 Å². The molecule has 1 aliphatic heterocycles. The highest BCUT2D eigenvalue weighted by Gasteiger charge is 2.44. The number of ether oxygens (including phenoxy) is 1. The molecule has 2 N–H and O–H groups in total. The summed E-state index contributed by atoms with van der Waals surface area (Å²) in [5, 5.41) is 6.63. The smallest absolute Gasteiger partial charge is 0.191 e. The van der Waals surface area contributed by atoms with Crippen LogP contribution in [0.4, 0.5) is 14.5 Å². The van der Waals surface area contributed by atoms with Crippen LogP contribution in [-0.2, 0) is 16.7 Å². The van der Waals surface area contributed by atoms with E-state index in [2.05, 4.69) is 15.6 Å². The zero-order valence-corrected chi connectivity index (χ0v) is 18.0. The number of hydrogen-bond donors (Lipinski definition) is 2. The second kappa shape index (κ2) is 9.64. The van der Waals surface area contributed by atoms with Crippen molar-refractivity contribution >= 4 is 11.6 Å². The van der Waals surface area contributed by atoms with Crippen LogP contribution in [0.15, 0.2) is 47.5 Å². The van der Waals surface area contributed by atoms with Crippen molar-refractivity contribution in [2.45, 2.75) is 31.7 Å². The second-order valence-corrected chi connectivity index (χ2v) is 8.22. The van der Waals surface area contributed by atoms with Crippen molar-refractivity contribution in [1.29, 1.82) is 0 Å². The summed E-state index contributed by atoms with van der Waals surface area (Å²) in [6.07, 6.45) is 2.05. The minimum Gasteiger partial charge on any atom is -0.378 e. The van der Waals surface area contributed by atoms with Crippen LogP contribution in [0.2, 0.25) is 0 Å². The van der Waals surface area contributed by atoms with Crippen molar-refractivity contribution in [3.05, 3.63) is 65.2 Å². The van der Waals surface area contributed by atoms with Crippen molar-refractivity contribution < 1.29 is 13.5 Å². The summed E-state index contributed by atoms with van der Waals surface area (Å²) in [5.74, 6) is 0.255. The summed E-state index contributed by atoms with van der Waals surface area (Å²) in [4.78, 5) is 6.64. The summed E-state index contributed by atoms with van der Waals surface area (Å²) in [5.41, 5.74) is 2.42. The lowest BCUT2D eigenvalue weighted by atomic mass is 9.96. The molecule has 166 valence electrons. The van der Waals surface area contributed by atoms with E-state index in [0.717, 1.165) is 30.5 Å². The lowest BCUT2D eigenvalue weighted by molar-refractivity contribution is 0.122. The van der Waals surface area contributed by atoms with E-state index in [1.807, 2.05) is 30.0 Å². The third-order valence-electron chi connectivity index (χ3n) is 6.01. The fourth-order valence-electron chi connectivity index (χ4n) is 4.01. The predicted octanol–water partition coefficient (Wildman–Crippen LogP) is 3.59. The number of nitrogens with one attached hydrogen (secondary N) is 2. The molecule has 2 aromatic carbocycles. The number of morpholine rings is 1. The molecule has 0 radical (unpaired) electrons. The molecule has 0 bridgehead atoms. The van der Waals surface area contributed by atoms with E-state index in [4.69, 9.17) is 4.74 Å². The average Bonchev–Trinajstić information content (AvgIpc) is 3.58. The lowest BCUT2D eigenvalue weighted by Gasteiger charge is -2.29. The Labute approximate surface area is 182 Å². The van der Waals surface area contributed by atoms with Crippen LogP contribution in [0.3, 0.4) is 0 Å². The van der Waals surface area contributed by atoms with E-state index in [1.54, 1.807) is 18.2 Å². The molecule has 1 heterocycles. The van der Waals surface area contributed by atoms with E-state index in [1.165, 1.54) is 6.07 Å². The fraction of sp³-hybridized carbons (Fsp3) is 0.458. The van der Waals surface area contributed by atoms with Gasteiger partial charge in [-0.05, 0) is 55.2 Å². The number of benzene rings is 2. The summed E-state index contributed by atoms with van der Waals surface area (Å²) >= 11 is 0. The Kier molecular flexibility index (Phi) is 6.70. The molecule has 0 atom stereocenters. The van der Waals surface area contributed by atoms with Gasteiger partial charge in [0, 0.05) is 31.6 Å². The van der Waals surface area contributed by atoms with Gasteiger partial charge in [0.25, 0.3) is 0 Å². The highest BCUT2D eigenvalue weighted by Crippen LogP contribution is 2.47. The van der Waals surface area contributed by atoms with Crippen molar-refractivity contribution in [3.8, 4) is 0 Å². The van der Waals surface area contributed by atoms with Gasteiger partial charge in [0.1, 0.15) is 11.6 Å². The maximum atomic E-state index is 14.6. The zero-order chi connectivity index (χ0) is 21.7. The van der Waals surface area contributed by atoms with Gasteiger partial charge in [-0.25, -0.2) is 13.8 Å². The van der Waals surface area contributed by atoms with E-state index in [9.17, 15) is 8.78 Å². The molecular weight excluding hydrogens is 398 g/mol. The first-order chi connectivity index (χ1) is 15.1. The molecule has 2 fully saturated rings. The molecule has 0 spiro atoms. The molecule has 0 unspecified atom stereocenters. The SMILES string of the molecule is CCNC(=NCc1ccc(N2CCOCC2)c(F)c1)NCC1(c2cccc(F)c2)CC1. The van der Waals surface area contributed by atoms with Crippen molar-refractivity contribution in [2.24, 2.45) is 4.99 Å². The first-order valence-corrected chi connectivity index (χ1v) is 11.0. The van der Waals surface area contributed by atoms with E-state index in [0.29, 0.717) is 51.0 Å². The van der Waals surface area contributed by atoms with Crippen molar-refractivity contribution in [2.75, 3.05) is 44.3 Å². The zero-order valence-electron chi connectivity index (χ0n) is 18.0. The van der Waals surface area contributed by atoms with Crippen molar-refractivity contribution in [3.63, 3.8) is 0 Å². The molecule has 4 rings (SSSR count). The summed E-state index contributed by atoms with van der Waals surface area (Å²) in [6.45, 7) is 6.46. The maximum Gasteiger partial charge on any atom is 0.191 e. The van der Waals surface area contributed by atoms with Crippen molar-refractivity contribution in [1.82, 2.24) is 10.6 Å². The molecule has 1 saturated heterocycles. The molecule has 1 saturated carbocycles. The second-order valence-electron chi connectivity index (χ2n) is 8.22. The van der Waals surface area contributed by atoms with Crippen LogP contribution in [0.1, 0.15) is 30.9 Å². The number of anilines is 1. The van der Waals surface area contributed by atoms with E-state index in [-0.39, 0.29) is 17.0 Å². The standard InChI is InChI=1S/C24H30F2N4O/c1-2-27-23(29-17-24(8-9-24)19-4-3-5-20(25)15-19)28-16-18-6-7-22(21(26)14-18)30-10-12-31-13-11-30/h3-7,14-15H,2,8-13,16-17H2,1H3,(H2,27,28,29). The molecule has 5 nitrogen and oxygen atoms in total. The Bertz CT molecular complexity index is 924. The Balaban J connectivity index is 1.39. The molecular formula is C24H30F2N4O. The minimum absolute atomic E-state index is 0.0375. The number of halogens is 2.